The molecule has 4 rings (SSSR count). The Morgan fingerprint density at radius 2 is 2.04 bits per heavy atom. The van der Waals surface area contributed by atoms with E-state index in [0.29, 0.717) is 26.2 Å². The zero-order chi connectivity index (χ0) is 18.6. The van der Waals surface area contributed by atoms with Gasteiger partial charge in [-0.3, -0.25) is 4.79 Å². The molecule has 0 aliphatic carbocycles. The number of hydrogen-bond donors (Lipinski definition) is 1. The number of benzene rings is 2. The molecule has 6 heteroatoms. The topological polar surface area (TPSA) is 50.8 Å². The molecule has 2 aromatic rings. The second-order valence-corrected chi connectivity index (χ2v) is 7.22. The predicted octanol–water partition coefficient (Wildman–Crippen LogP) is 3.12. The van der Waals surface area contributed by atoms with Crippen molar-refractivity contribution in [2.24, 2.45) is 0 Å². The Bertz CT molecular complexity index is 794. The van der Waals surface area contributed by atoms with Gasteiger partial charge < -0.3 is 19.7 Å². The van der Waals surface area contributed by atoms with E-state index in [1.807, 2.05) is 29.2 Å². The molecule has 0 spiro atoms. The van der Waals surface area contributed by atoms with Gasteiger partial charge in [0, 0.05) is 25.6 Å². The van der Waals surface area contributed by atoms with Gasteiger partial charge >= 0.3 is 0 Å². The van der Waals surface area contributed by atoms with Gasteiger partial charge in [-0.1, -0.05) is 36.4 Å². The van der Waals surface area contributed by atoms with Crippen LogP contribution in [0.2, 0.25) is 0 Å². The summed E-state index contributed by atoms with van der Waals surface area (Å²) < 4.78 is 10.9. The number of ether oxygens (including phenoxy) is 2. The fraction of sp³-hybridized carbons (Fsp3) is 0.409. The number of fused-ring (bicyclic) bond motifs is 1. The second-order valence-electron chi connectivity index (χ2n) is 7.22. The third-order valence-electron chi connectivity index (χ3n) is 5.47. The Kier molecular flexibility index (Phi) is 6.94. The molecule has 2 heterocycles. The smallest absolute Gasteiger partial charge is 0.225 e. The van der Waals surface area contributed by atoms with Crippen LogP contribution >= 0.6 is 12.4 Å². The van der Waals surface area contributed by atoms with E-state index in [1.165, 1.54) is 16.7 Å². The molecule has 0 saturated carbocycles. The lowest BCUT2D eigenvalue weighted by Gasteiger charge is -2.38. The summed E-state index contributed by atoms with van der Waals surface area (Å²) in [7, 11) is 1.68. The van der Waals surface area contributed by atoms with E-state index >= 15 is 0 Å². The number of nitrogens with zero attached hydrogens (tertiary/aromatic N) is 1. The normalized spacial score (nSPS) is 21.4. The molecule has 150 valence electrons. The van der Waals surface area contributed by atoms with Gasteiger partial charge in [0.15, 0.2) is 0 Å². The molecule has 1 saturated heterocycles. The van der Waals surface area contributed by atoms with Gasteiger partial charge in [-0.05, 0) is 35.2 Å². The molecule has 5 nitrogen and oxygen atoms in total. The largest absolute Gasteiger partial charge is 0.497 e. The summed E-state index contributed by atoms with van der Waals surface area (Å²) in [5.41, 5.74) is 3.63. The van der Waals surface area contributed by atoms with Crippen LogP contribution in [-0.2, 0) is 22.5 Å². The number of carbonyl (C=O) groups is 1. The number of amides is 1. The van der Waals surface area contributed by atoms with Crippen molar-refractivity contribution in [3.05, 3.63) is 65.2 Å². The zero-order valence-corrected chi connectivity index (χ0v) is 16.9. The lowest BCUT2D eigenvalue weighted by molar-refractivity contribution is -0.136. The highest BCUT2D eigenvalue weighted by molar-refractivity contribution is 5.85. The molecule has 1 N–H and O–H groups in total. The summed E-state index contributed by atoms with van der Waals surface area (Å²) in [6.07, 6.45) is 1.28. The first kappa shape index (κ1) is 20.6. The number of methoxy groups -OCH3 is 1. The van der Waals surface area contributed by atoms with Crippen LogP contribution in [0, 0.1) is 0 Å². The molecule has 2 aromatic carbocycles. The Morgan fingerprint density at radius 3 is 2.75 bits per heavy atom. The number of carbonyl (C=O) groups excluding carboxylic acids is 1. The number of morpholine rings is 1. The van der Waals surface area contributed by atoms with Crippen molar-refractivity contribution < 1.29 is 14.3 Å². The lowest BCUT2D eigenvalue weighted by atomic mass is 9.89. The van der Waals surface area contributed by atoms with Gasteiger partial charge in [-0.2, -0.15) is 0 Å². The van der Waals surface area contributed by atoms with Crippen molar-refractivity contribution in [3.8, 4) is 5.75 Å². The number of hydrogen-bond acceptors (Lipinski definition) is 4. The second kappa shape index (κ2) is 9.41. The molecule has 2 atom stereocenters. The van der Waals surface area contributed by atoms with E-state index in [1.54, 1.807) is 7.11 Å². The van der Waals surface area contributed by atoms with E-state index in [0.717, 1.165) is 18.7 Å². The first-order valence-corrected chi connectivity index (χ1v) is 9.56. The van der Waals surface area contributed by atoms with Crippen molar-refractivity contribution in [1.82, 2.24) is 10.2 Å². The van der Waals surface area contributed by atoms with Crippen molar-refractivity contribution in [2.75, 3.05) is 26.9 Å². The lowest BCUT2D eigenvalue weighted by Crippen LogP contribution is -2.46. The number of nitrogens with one attached hydrogen (secondary N) is 1. The summed E-state index contributed by atoms with van der Waals surface area (Å²) >= 11 is 0. The van der Waals surface area contributed by atoms with E-state index in [-0.39, 0.29) is 30.4 Å². The minimum atomic E-state index is 0. The van der Waals surface area contributed by atoms with Crippen LogP contribution in [0.15, 0.2) is 48.5 Å². The number of halogens is 1. The molecule has 2 unspecified atom stereocenters. The third-order valence-corrected chi connectivity index (χ3v) is 5.47. The predicted molar refractivity (Wildman–Crippen MR) is 111 cm³/mol. The maximum absolute atomic E-state index is 13.2. The van der Waals surface area contributed by atoms with Crippen LogP contribution in [0.3, 0.4) is 0 Å². The summed E-state index contributed by atoms with van der Waals surface area (Å²) in [6, 6.07) is 16.7. The van der Waals surface area contributed by atoms with Crippen molar-refractivity contribution in [3.63, 3.8) is 0 Å². The van der Waals surface area contributed by atoms with Gasteiger partial charge in [0.2, 0.25) is 5.91 Å². The highest BCUT2D eigenvalue weighted by Gasteiger charge is 2.32. The fourth-order valence-electron chi connectivity index (χ4n) is 4.00. The van der Waals surface area contributed by atoms with Crippen LogP contribution in [-0.4, -0.2) is 43.7 Å². The highest BCUT2D eigenvalue weighted by atomic mass is 35.5. The maximum atomic E-state index is 13.2. The standard InChI is InChI=1S/C22H26N2O3.ClH/c1-26-20-8-7-17-12-21(16-5-3-2-4-6-16)24(14-18(17)11-20)22(25)13-19-15-27-10-9-23-19;/h2-8,11,19,21,23H,9-10,12-15H2,1H3;1H. The van der Waals surface area contributed by atoms with Gasteiger partial charge in [-0.15, -0.1) is 12.4 Å². The van der Waals surface area contributed by atoms with E-state index < -0.39 is 0 Å². The molecule has 0 aromatic heterocycles. The van der Waals surface area contributed by atoms with E-state index in [9.17, 15) is 4.79 Å². The highest BCUT2D eigenvalue weighted by Crippen LogP contribution is 2.35. The Hall–Kier alpha value is -2.08. The average Bonchev–Trinajstić information content (AvgIpc) is 2.73. The van der Waals surface area contributed by atoms with Crippen LogP contribution in [0.4, 0.5) is 0 Å². The summed E-state index contributed by atoms with van der Waals surface area (Å²) in [6.45, 7) is 2.73. The van der Waals surface area contributed by atoms with Gasteiger partial charge in [0.1, 0.15) is 5.75 Å². The Morgan fingerprint density at radius 1 is 1.21 bits per heavy atom. The van der Waals surface area contributed by atoms with E-state index in [4.69, 9.17) is 9.47 Å². The fourth-order valence-corrected chi connectivity index (χ4v) is 4.00. The minimum Gasteiger partial charge on any atom is -0.497 e. The van der Waals surface area contributed by atoms with Crippen LogP contribution in [0.25, 0.3) is 0 Å². The summed E-state index contributed by atoms with van der Waals surface area (Å²) in [5, 5.41) is 3.39. The van der Waals surface area contributed by atoms with Crippen LogP contribution < -0.4 is 10.1 Å². The molecule has 2 aliphatic heterocycles. The van der Waals surface area contributed by atoms with Gasteiger partial charge in [-0.25, -0.2) is 0 Å². The molecular formula is C22H27ClN2O3. The molecule has 1 amide bonds. The molecule has 2 aliphatic rings. The van der Waals surface area contributed by atoms with Gasteiger partial charge in [0.25, 0.3) is 0 Å². The zero-order valence-electron chi connectivity index (χ0n) is 16.1. The van der Waals surface area contributed by atoms with Gasteiger partial charge in [0.05, 0.1) is 26.4 Å². The minimum absolute atomic E-state index is 0. The molecular weight excluding hydrogens is 376 g/mol. The van der Waals surface area contributed by atoms with Crippen LogP contribution in [0.1, 0.15) is 29.2 Å². The summed E-state index contributed by atoms with van der Waals surface area (Å²) in [4.78, 5) is 15.2. The van der Waals surface area contributed by atoms with Crippen LogP contribution in [0.5, 0.6) is 5.75 Å². The quantitative estimate of drug-likeness (QED) is 0.853. The molecule has 28 heavy (non-hydrogen) atoms. The monoisotopic (exact) mass is 402 g/mol. The van der Waals surface area contributed by atoms with Crippen molar-refractivity contribution in [2.45, 2.75) is 31.5 Å². The van der Waals surface area contributed by atoms with Crippen molar-refractivity contribution >= 4 is 18.3 Å². The maximum Gasteiger partial charge on any atom is 0.225 e. The Labute approximate surface area is 172 Å². The first-order valence-electron chi connectivity index (χ1n) is 9.56. The molecule has 0 radical (unpaired) electrons. The van der Waals surface area contributed by atoms with E-state index in [2.05, 4.69) is 29.6 Å². The molecule has 1 fully saturated rings. The van der Waals surface area contributed by atoms with Crippen molar-refractivity contribution in [1.29, 1.82) is 0 Å². The third kappa shape index (κ3) is 4.49. The first-order chi connectivity index (χ1) is 13.2. The number of rotatable bonds is 4. The molecule has 0 bridgehead atoms. The Balaban J connectivity index is 0.00000225. The summed E-state index contributed by atoms with van der Waals surface area (Å²) in [5.74, 6) is 1.00. The average molecular weight is 403 g/mol. The SMILES string of the molecule is COc1ccc2c(c1)CN(C(=O)CC1COCCN1)C(c1ccccc1)C2.Cl.